The molecule has 0 saturated heterocycles. The Balaban J connectivity index is 1.38. The highest BCUT2D eigenvalue weighted by molar-refractivity contribution is 5.33. The second-order valence-corrected chi connectivity index (χ2v) is 9.87. The van der Waals surface area contributed by atoms with Crippen molar-refractivity contribution in [3.8, 4) is 5.75 Å². The molecule has 0 radical (unpaired) electrons. The largest absolute Gasteiger partial charge is 0.429 e. The van der Waals surface area contributed by atoms with E-state index in [1.807, 2.05) is 0 Å². The first-order chi connectivity index (χ1) is 15.5. The van der Waals surface area contributed by atoms with Crippen LogP contribution in [0.15, 0.2) is 24.3 Å². The Hall–Kier alpha value is -1.52. The van der Waals surface area contributed by atoms with Gasteiger partial charge in [0.05, 0.1) is 0 Å². The second-order valence-electron chi connectivity index (χ2n) is 9.87. The number of hydrogen-bond acceptors (Lipinski definition) is 1. The van der Waals surface area contributed by atoms with Crippen molar-refractivity contribution in [2.24, 2.45) is 17.8 Å². The third-order valence-corrected chi connectivity index (χ3v) is 7.59. The van der Waals surface area contributed by atoms with Crippen molar-refractivity contribution in [2.75, 3.05) is 0 Å². The monoisotopic (exact) mass is 454 g/mol. The molecule has 32 heavy (non-hydrogen) atoms. The van der Waals surface area contributed by atoms with Gasteiger partial charge in [-0.2, -0.15) is 8.78 Å². The molecule has 0 unspecified atom stereocenters. The minimum absolute atomic E-state index is 0.0899. The molecule has 0 atom stereocenters. The first-order valence-corrected chi connectivity index (χ1v) is 12.5. The van der Waals surface area contributed by atoms with E-state index < -0.39 is 24.0 Å². The van der Waals surface area contributed by atoms with Crippen molar-refractivity contribution in [2.45, 2.75) is 103 Å². The zero-order valence-corrected chi connectivity index (χ0v) is 19.3. The Bertz CT molecular complexity index is 693. The standard InChI is InChI=1S/C27H38F4O/c1-2-3-4-5-6-19-7-9-20(10-8-19)11-12-21-13-15-22(16-14-21)23-17-24(28)26(25(29)18-23)32-27(30)31/h4-5,17-22,27H,2-3,6-16H2,1H3/b5-4+/t19-,20-,21-,22-. The number of alkyl halides is 2. The lowest BCUT2D eigenvalue weighted by atomic mass is 9.74. The Morgan fingerprint density at radius 2 is 1.38 bits per heavy atom. The molecular formula is C27H38F4O. The van der Waals surface area contributed by atoms with Crippen molar-refractivity contribution in [1.29, 1.82) is 0 Å². The lowest BCUT2D eigenvalue weighted by Gasteiger charge is -2.32. The highest BCUT2D eigenvalue weighted by Gasteiger charge is 2.27. The van der Waals surface area contributed by atoms with Gasteiger partial charge in [-0.25, -0.2) is 8.78 Å². The summed E-state index contributed by atoms with van der Waals surface area (Å²) in [5, 5.41) is 0. The van der Waals surface area contributed by atoms with Crippen molar-refractivity contribution in [3.63, 3.8) is 0 Å². The van der Waals surface area contributed by atoms with Crippen molar-refractivity contribution < 1.29 is 22.3 Å². The van der Waals surface area contributed by atoms with Crippen LogP contribution >= 0.6 is 0 Å². The van der Waals surface area contributed by atoms with Crippen LogP contribution in [0.3, 0.4) is 0 Å². The van der Waals surface area contributed by atoms with Crippen LogP contribution in [0, 0.1) is 29.4 Å². The molecule has 0 bridgehead atoms. The Kier molecular flexibility index (Phi) is 9.92. The van der Waals surface area contributed by atoms with E-state index in [1.165, 1.54) is 69.9 Å². The fourth-order valence-corrected chi connectivity index (χ4v) is 5.60. The molecule has 0 heterocycles. The second kappa shape index (κ2) is 12.6. The number of ether oxygens (including phenoxy) is 1. The molecule has 0 amide bonds. The molecule has 2 saturated carbocycles. The van der Waals surface area contributed by atoms with Gasteiger partial charge >= 0.3 is 6.61 Å². The Labute approximate surface area is 190 Å². The number of allylic oxidation sites excluding steroid dienone is 2. The van der Waals surface area contributed by atoms with Gasteiger partial charge in [-0.1, -0.05) is 51.2 Å². The molecule has 0 aromatic heterocycles. The summed E-state index contributed by atoms with van der Waals surface area (Å²) in [6, 6.07) is 2.34. The van der Waals surface area contributed by atoms with Gasteiger partial charge in [0.25, 0.3) is 0 Å². The van der Waals surface area contributed by atoms with Crippen LogP contribution in [-0.2, 0) is 0 Å². The Morgan fingerprint density at radius 3 is 1.91 bits per heavy atom. The predicted molar refractivity (Wildman–Crippen MR) is 121 cm³/mol. The average molecular weight is 455 g/mol. The lowest BCUT2D eigenvalue weighted by Crippen LogP contribution is -2.18. The first kappa shape index (κ1) is 25.1. The van der Waals surface area contributed by atoms with Crippen LogP contribution in [0.25, 0.3) is 0 Å². The summed E-state index contributed by atoms with van der Waals surface area (Å²) in [7, 11) is 0. The highest BCUT2D eigenvalue weighted by Crippen LogP contribution is 2.41. The maximum Gasteiger partial charge on any atom is 0.387 e. The van der Waals surface area contributed by atoms with Crippen LogP contribution in [0.1, 0.15) is 102 Å². The van der Waals surface area contributed by atoms with E-state index in [2.05, 4.69) is 23.8 Å². The van der Waals surface area contributed by atoms with Gasteiger partial charge < -0.3 is 4.74 Å². The van der Waals surface area contributed by atoms with Gasteiger partial charge in [0.1, 0.15) is 0 Å². The molecule has 0 spiro atoms. The van der Waals surface area contributed by atoms with Crippen molar-refractivity contribution in [1.82, 2.24) is 0 Å². The van der Waals surface area contributed by atoms with Crippen LogP contribution in [-0.4, -0.2) is 6.61 Å². The third-order valence-electron chi connectivity index (χ3n) is 7.59. The van der Waals surface area contributed by atoms with E-state index >= 15 is 0 Å². The molecule has 2 fully saturated rings. The van der Waals surface area contributed by atoms with E-state index in [4.69, 9.17) is 0 Å². The van der Waals surface area contributed by atoms with E-state index in [-0.39, 0.29) is 5.92 Å². The molecule has 1 aromatic carbocycles. The molecule has 180 valence electrons. The van der Waals surface area contributed by atoms with Crippen LogP contribution < -0.4 is 4.74 Å². The van der Waals surface area contributed by atoms with E-state index in [1.54, 1.807) is 0 Å². The minimum atomic E-state index is -3.24. The minimum Gasteiger partial charge on any atom is -0.429 e. The van der Waals surface area contributed by atoms with Crippen LogP contribution in [0.4, 0.5) is 17.6 Å². The molecule has 1 aromatic rings. The quantitative estimate of drug-likeness (QED) is 0.253. The summed E-state index contributed by atoms with van der Waals surface area (Å²) in [4.78, 5) is 0. The predicted octanol–water partition coefficient (Wildman–Crippen LogP) is 9.17. The summed E-state index contributed by atoms with van der Waals surface area (Å²) >= 11 is 0. The normalized spacial score (nSPS) is 26.7. The van der Waals surface area contributed by atoms with Crippen molar-refractivity contribution in [3.05, 3.63) is 41.5 Å². The lowest BCUT2D eigenvalue weighted by molar-refractivity contribution is -0.0546. The zero-order chi connectivity index (χ0) is 22.9. The summed E-state index contributed by atoms with van der Waals surface area (Å²) < 4.78 is 56.7. The van der Waals surface area contributed by atoms with E-state index in [9.17, 15) is 17.6 Å². The Morgan fingerprint density at radius 1 is 0.844 bits per heavy atom. The number of halogens is 4. The zero-order valence-electron chi connectivity index (χ0n) is 19.3. The average Bonchev–Trinajstić information content (AvgIpc) is 2.78. The van der Waals surface area contributed by atoms with Gasteiger partial charge in [0.15, 0.2) is 17.4 Å². The first-order valence-electron chi connectivity index (χ1n) is 12.5. The van der Waals surface area contributed by atoms with Gasteiger partial charge in [-0.15, -0.1) is 0 Å². The van der Waals surface area contributed by atoms with Crippen LogP contribution in [0.2, 0.25) is 0 Å². The molecule has 2 aliphatic carbocycles. The van der Waals surface area contributed by atoms with Crippen LogP contribution in [0.5, 0.6) is 5.75 Å². The summed E-state index contributed by atoms with van der Waals surface area (Å²) in [5.41, 5.74) is 0.561. The molecule has 0 N–H and O–H groups in total. The number of benzene rings is 1. The molecule has 2 aliphatic rings. The maximum atomic E-state index is 14.1. The topological polar surface area (TPSA) is 9.23 Å². The molecule has 3 rings (SSSR count). The van der Waals surface area contributed by atoms with E-state index in [0.717, 1.165) is 37.5 Å². The smallest absolute Gasteiger partial charge is 0.387 e. The number of unbranched alkanes of at least 4 members (excludes halogenated alkanes) is 1. The van der Waals surface area contributed by atoms with Gasteiger partial charge in [-0.05, 0) is 92.7 Å². The molecule has 5 heteroatoms. The third kappa shape index (κ3) is 7.52. The maximum absolute atomic E-state index is 14.1. The molecular weight excluding hydrogens is 416 g/mol. The highest BCUT2D eigenvalue weighted by atomic mass is 19.3. The fourth-order valence-electron chi connectivity index (χ4n) is 5.60. The van der Waals surface area contributed by atoms with Crippen molar-refractivity contribution >= 4 is 0 Å². The number of rotatable bonds is 10. The van der Waals surface area contributed by atoms with Gasteiger partial charge in [0, 0.05) is 0 Å². The summed E-state index contributed by atoms with van der Waals surface area (Å²) in [5.74, 6) is -0.562. The van der Waals surface area contributed by atoms with Gasteiger partial charge in [-0.3, -0.25) is 0 Å². The summed E-state index contributed by atoms with van der Waals surface area (Å²) in [6.07, 6.45) is 20.3. The molecule has 1 nitrogen and oxygen atoms in total. The van der Waals surface area contributed by atoms with Gasteiger partial charge in [0.2, 0.25) is 0 Å². The SMILES string of the molecule is CCC/C=C/C[C@H]1CC[C@H](CC[C@H]2CC[C@H](c3cc(F)c(OC(F)F)c(F)c3)CC2)CC1. The van der Waals surface area contributed by atoms with E-state index in [0.29, 0.717) is 11.5 Å². The number of hydrogen-bond donors (Lipinski definition) is 0. The molecule has 0 aliphatic heterocycles. The fraction of sp³-hybridized carbons (Fsp3) is 0.704. The summed E-state index contributed by atoms with van der Waals surface area (Å²) in [6.45, 7) is -1.02.